The van der Waals surface area contributed by atoms with Crippen LogP contribution in [0.15, 0.2) is 0 Å². The molecule has 98 valence electrons. The topological polar surface area (TPSA) is 41.6 Å². The minimum Gasteiger partial charge on any atom is -0.377 e. The quantitative estimate of drug-likeness (QED) is 0.809. The molecule has 1 aliphatic carbocycles. The molecule has 2 fully saturated rings. The monoisotopic (exact) mass is 240 g/mol. The first-order valence-corrected chi connectivity index (χ1v) is 6.75. The second-order valence-electron chi connectivity index (χ2n) is 5.53. The molecular weight excluding hydrogens is 216 g/mol. The fourth-order valence-electron chi connectivity index (χ4n) is 3.01. The van der Waals surface area contributed by atoms with Crippen LogP contribution in [-0.4, -0.2) is 41.8 Å². The summed E-state index contributed by atoms with van der Waals surface area (Å²) in [6, 6.07) is 0. The molecule has 17 heavy (non-hydrogen) atoms. The summed E-state index contributed by atoms with van der Waals surface area (Å²) in [4.78, 5) is 14.4. The zero-order valence-electron chi connectivity index (χ0n) is 11.2. The largest absolute Gasteiger partial charge is 0.377 e. The minimum atomic E-state index is -0.239. The number of carbonyl (C=O) groups is 1. The van der Waals surface area contributed by atoms with Crippen molar-refractivity contribution in [1.82, 2.24) is 10.2 Å². The molecule has 0 aromatic carbocycles. The third-order valence-corrected chi connectivity index (χ3v) is 3.86. The number of amides is 1. The number of hydrogen-bond acceptors (Lipinski definition) is 3. The van der Waals surface area contributed by atoms with Crippen LogP contribution < -0.4 is 5.32 Å². The molecule has 0 bridgehead atoms. The fourth-order valence-corrected chi connectivity index (χ4v) is 3.01. The Kier molecular flexibility index (Phi) is 3.73. The Morgan fingerprint density at radius 1 is 1.47 bits per heavy atom. The van der Waals surface area contributed by atoms with Gasteiger partial charge in [0.2, 0.25) is 5.91 Å². The highest BCUT2D eigenvalue weighted by Crippen LogP contribution is 2.36. The van der Waals surface area contributed by atoms with Crippen LogP contribution in [0.2, 0.25) is 0 Å². The van der Waals surface area contributed by atoms with Crippen LogP contribution in [0.25, 0.3) is 0 Å². The van der Waals surface area contributed by atoms with Gasteiger partial charge < -0.3 is 9.64 Å². The molecule has 1 amide bonds. The first-order chi connectivity index (χ1) is 8.05. The number of hydrogen-bond donors (Lipinski definition) is 1. The number of nitrogens with zero attached hydrogens (tertiary/aromatic N) is 1. The molecule has 4 nitrogen and oxygen atoms in total. The molecule has 1 unspecified atom stereocenters. The van der Waals surface area contributed by atoms with E-state index in [4.69, 9.17) is 4.74 Å². The molecule has 1 spiro atoms. The van der Waals surface area contributed by atoms with Crippen molar-refractivity contribution in [2.75, 3.05) is 13.2 Å². The van der Waals surface area contributed by atoms with Crippen molar-refractivity contribution in [3.63, 3.8) is 0 Å². The first-order valence-electron chi connectivity index (χ1n) is 6.75. The maximum atomic E-state index is 12.4. The second kappa shape index (κ2) is 4.94. The van der Waals surface area contributed by atoms with E-state index >= 15 is 0 Å². The van der Waals surface area contributed by atoms with Crippen LogP contribution in [0.1, 0.15) is 46.5 Å². The molecule has 2 aliphatic rings. The Labute approximate surface area is 104 Å². The van der Waals surface area contributed by atoms with E-state index in [1.807, 2.05) is 18.7 Å². The van der Waals surface area contributed by atoms with E-state index in [9.17, 15) is 4.79 Å². The molecule has 1 aliphatic heterocycles. The third-order valence-electron chi connectivity index (χ3n) is 3.86. The highest BCUT2D eigenvalue weighted by molar-refractivity contribution is 5.89. The summed E-state index contributed by atoms with van der Waals surface area (Å²) in [5.74, 6) is 0.287. The summed E-state index contributed by atoms with van der Waals surface area (Å²) in [6.45, 7) is 7.44. The fraction of sp³-hybridized carbons (Fsp3) is 0.923. The summed E-state index contributed by atoms with van der Waals surface area (Å²) in [7, 11) is 0. The van der Waals surface area contributed by atoms with Gasteiger partial charge in [0.25, 0.3) is 0 Å². The maximum absolute atomic E-state index is 12.4. The minimum absolute atomic E-state index is 0.149. The van der Waals surface area contributed by atoms with Gasteiger partial charge in [-0.25, -0.2) is 0 Å². The molecule has 1 saturated heterocycles. The van der Waals surface area contributed by atoms with E-state index in [0.717, 1.165) is 12.8 Å². The Morgan fingerprint density at radius 2 is 2.12 bits per heavy atom. The Hall–Kier alpha value is -0.610. The van der Waals surface area contributed by atoms with E-state index < -0.39 is 0 Å². The lowest BCUT2D eigenvalue weighted by molar-refractivity contribution is -0.133. The average molecular weight is 240 g/mol. The number of rotatable bonds is 4. The van der Waals surface area contributed by atoms with Crippen LogP contribution in [-0.2, 0) is 9.53 Å². The normalized spacial score (nSPS) is 27.6. The lowest BCUT2D eigenvalue weighted by Crippen LogP contribution is -2.44. The number of carbonyl (C=O) groups excluding carboxylic acids is 1. The van der Waals surface area contributed by atoms with Crippen molar-refractivity contribution in [1.29, 1.82) is 0 Å². The van der Waals surface area contributed by atoms with Crippen LogP contribution >= 0.6 is 0 Å². The van der Waals surface area contributed by atoms with Gasteiger partial charge in [-0.1, -0.05) is 12.8 Å². The van der Waals surface area contributed by atoms with Crippen molar-refractivity contribution in [3.8, 4) is 0 Å². The summed E-state index contributed by atoms with van der Waals surface area (Å²) in [5, 5.41) is 3.49. The van der Waals surface area contributed by atoms with Gasteiger partial charge in [0.15, 0.2) is 0 Å². The number of nitrogens with one attached hydrogen (secondary N) is 1. The van der Waals surface area contributed by atoms with Crippen LogP contribution in [0.5, 0.6) is 0 Å². The molecule has 0 radical (unpaired) electrons. The summed E-state index contributed by atoms with van der Waals surface area (Å²) in [5.41, 5.74) is -0.239. The lowest BCUT2D eigenvalue weighted by Gasteiger charge is -2.22. The van der Waals surface area contributed by atoms with E-state index in [0.29, 0.717) is 13.2 Å². The average Bonchev–Trinajstić information content (AvgIpc) is 2.80. The molecular formula is C13H24N2O2. The molecule has 1 saturated carbocycles. The Morgan fingerprint density at radius 3 is 2.71 bits per heavy atom. The standard InChI is InChI=1S/C13H24N2O2/c1-10(2)17-9-8-15-11(3)14-13(12(15)16)6-4-5-7-13/h10-11,14H,4-9H2,1-3H3. The molecule has 0 aromatic heterocycles. The maximum Gasteiger partial charge on any atom is 0.244 e. The number of ether oxygens (including phenoxy) is 1. The van der Waals surface area contributed by atoms with Crippen LogP contribution in [0.3, 0.4) is 0 Å². The third kappa shape index (κ3) is 2.47. The van der Waals surface area contributed by atoms with Crippen LogP contribution in [0.4, 0.5) is 0 Å². The van der Waals surface area contributed by atoms with E-state index in [1.54, 1.807) is 0 Å². The lowest BCUT2D eigenvalue weighted by atomic mass is 9.98. The molecule has 0 aromatic rings. The Bertz CT molecular complexity index is 285. The van der Waals surface area contributed by atoms with Gasteiger partial charge in [-0.3, -0.25) is 10.1 Å². The van der Waals surface area contributed by atoms with E-state index in [-0.39, 0.29) is 23.7 Å². The zero-order chi connectivity index (χ0) is 12.5. The molecule has 2 rings (SSSR count). The smallest absolute Gasteiger partial charge is 0.244 e. The highest BCUT2D eigenvalue weighted by Gasteiger charge is 2.50. The molecule has 1 heterocycles. The van der Waals surface area contributed by atoms with E-state index in [2.05, 4.69) is 12.2 Å². The predicted octanol–water partition coefficient (Wildman–Crippen LogP) is 1.50. The Balaban J connectivity index is 1.92. The summed E-state index contributed by atoms with van der Waals surface area (Å²) >= 11 is 0. The summed E-state index contributed by atoms with van der Waals surface area (Å²) in [6.07, 6.45) is 4.71. The molecule has 4 heteroatoms. The van der Waals surface area contributed by atoms with Crippen molar-refractivity contribution >= 4 is 5.91 Å². The summed E-state index contributed by atoms with van der Waals surface area (Å²) < 4.78 is 5.53. The highest BCUT2D eigenvalue weighted by atomic mass is 16.5. The van der Waals surface area contributed by atoms with Gasteiger partial charge in [-0.15, -0.1) is 0 Å². The molecule has 1 atom stereocenters. The van der Waals surface area contributed by atoms with Crippen molar-refractivity contribution in [2.24, 2.45) is 0 Å². The van der Waals surface area contributed by atoms with Gasteiger partial charge in [-0.05, 0) is 33.6 Å². The van der Waals surface area contributed by atoms with Gasteiger partial charge in [-0.2, -0.15) is 0 Å². The first kappa shape index (κ1) is 12.8. The van der Waals surface area contributed by atoms with E-state index in [1.165, 1.54) is 12.8 Å². The van der Waals surface area contributed by atoms with Gasteiger partial charge in [0.05, 0.1) is 24.4 Å². The SMILES string of the molecule is CC(C)OCCN1C(=O)C2(CCCC2)NC1C. The zero-order valence-corrected chi connectivity index (χ0v) is 11.2. The van der Waals surface area contributed by atoms with Crippen molar-refractivity contribution in [3.05, 3.63) is 0 Å². The van der Waals surface area contributed by atoms with Gasteiger partial charge >= 0.3 is 0 Å². The van der Waals surface area contributed by atoms with Crippen molar-refractivity contribution < 1.29 is 9.53 Å². The predicted molar refractivity (Wildman–Crippen MR) is 66.6 cm³/mol. The van der Waals surface area contributed by atoms with Gasteiger partial charge in [0.1, 0.15) is 0 Å². The van der Waals surface area contributed by atoms with Crippen molar-refractivity contribution in [2.45, 2.75) is 64.3 Å². The second-order valence-corrected chi connectivity index (χ2v) is 5.53. The van der Waals surface area contributed by atoms with Gasteiger partial charge in [0, 0.05) is 6.54 Å². The van der Waals surface area contributed by atoms with Crippen LogP contribution in [0, 0.1) is 0 Å². The molecule has 1 N–H and O–H groups in total.